The zero-order valence-corrected chi connectivity index (χ0v) is 17.4. The van der Waals surface area contributed by atoms with E-state index in [9.17, 15) is 14.9 Å². The summed E-state index contributed by atoms with van der Waals surface area (Å²) in [5.41, 5.74) is -0.677. The van der Waals surface area contributed by atoms with Crippen LogP contribution in [0.3, 0.4) is 0 Å². The van der Waals surface area contributed by atoms with Crippen LogP contribution in [-0.2, 0) is 9.47 Å². The summed E-state index contributed by atoms with van der Waals surface area (Å²) in [6.07, 6.45) is -1.02. The lowest BCUT2D eigenvalue weighted by Gasteiger charge is -2.28. The summed E-state index contributed by atoms with van der Waals surface area (Å²) >= 11 is 0. The van der Waals surface area contributed by atoms with Crippen LogP contribution in [0.2, 0.25) is 0 Å². The van der Waals surface area contributed by atoms with Gasteiger partial charge in [0.05, 0.1) is 11.3 Å². The summed E-state index contributed by atoms with van der Waals surface area (Å²) in [7, 11) is 0. The number of carbonyl (C=O) groups is 2. The number of nitriles is 1. The molecule has 2 amide bonds. The lowest BCUT2D eigenvalue weighted by atomic mass is 10.00. The van der Waals surface area contributed by atoms with E-state index in [1.807, 2.05) is 13.8 Å². The van der Waals surface area contributed by atoms with Crippen molar-refractivity contribution < 1.29 is 19.1 Å². The SMILES string of the molecule is CC[C@@H](C)c1nc(N(C(=O)OC(C)(C)C)C(=O)OC(C)(C)C)ccc1C#N. The molecule has 0 N–H and O–H groups in total. The molecule has 0 aliphatic heterocycles. The topological polar surface area (TPSA) is 92.5 Å². The molecule has 0 aromatic carbocycles. The van der Waals surface area contributed by atoms with Crippen LogP contribution in [0.25, 0.3) is 0 Å². The largest absolute Gasteiger partial charge is 0.443 e. The van der Waals surface area contributed by atoms with Crippen LogP contribution in [0, 0.1) is 11.3 Å². The van der Waals surface area contributed by atoms with Gasteiger partial charge in [0, 0.05) is 0 Å². The fourth-order valence-electron chi connectivity index (χ4n) is 2.13. The van der Waals surface area contributed by atoms with Crippen LogP contribution < -0.4 is 4.90 Å². The standard InChI is InChI=1S/C20H29N3O4/c1-9-13(2)16-14(12-21)10-11-15(22-16)23(17(24)26-19(3,4)5)18(25)27-20(6,7)8/h10-11,13H,9H2,1-8H3/t13-/m1/s1. The van der Waals surface area contributed by atoms with E-state index in [1.165, 1.54) is 6.07 Å². The Labute approximate surface area is 161 Å². The molecule has 0 radical (unpaired) electrons. The van der Waals surface area contributed by atoms with Crippen molar-refractivity contribution in [1.29, 1.82) is 5.26 Å². The maximum Gasteiger partial charge on any atom is 0.425 e. The first-order valence-corrected chi connectivity index (χ1v) is 8.96. The normalized spacial score (nSPS) is 12.7. The summed E-state index contributed by atoms with van der Waals surface area (Å²) in [4.78, 5) is 30.6. The second kappa shape index (κ2) is 8.38. The predicted molar refractivity (Wildman–Crippen MR) is 103 cm³/mol. The van der Waals surface area contributed by atoms with Crippen LogP contribution in [0.5, 0.6) is 0 Å². The molecule has 0 aliphatic carbocycles. The smallest absolute Gasteiger partial charge is 0.425 e. The number of hydrogen-bond acceptors (Lipinski definition) is 6. The molecule has 1 aromatic rings. The Bertz CT molecular complexity index is 711. The van der Waals surface area contributed by atoms with Gasteiger partial charge >= 0.3 is 12.2 Å². The lowest BCUT2D eigenvalue weighted by Crippen LogP contribution is -2.44. The van der Waals surface area contributed by atoms with Crippen molar-refractivity contribution >= 4 is 18.0 Å². The zero-order chi connectivity index (χ0) is 21.0. The number of amides is 2. The first-order chi connectivity index (χ1) is 12.3. The minimum Gasteiger partial charge on any atom is -0.443 e. The number of nitrogens with zero attached hydrogens (tertiary/aromatic N) is 3. The molecular weight excluding hydrogens is 346 g/mol. The van der Waals surface area contributed by atoms with Gasteiger partial charge < -0.3 is 9.47 Å². The molecule has 0 unspecified atom stereocenters. The number of aromatic nitrogens is 1. The quantitative estimate of drug-likeness (QED) is 0.726. The van der Waals surface area contributed by atoms with Crippen LogP contribution in [0.15, 0.2) is 12.1 Å². The predicted octanol–water partition coefficient (Wildman–Crippen LogP) is 5.14. The molecule has 1 atom stereocenters. The number of imide groups is 1. The molecule has 0 aliphatic rings. The highest BCUT2D eigenvalue weighted by molar-refractivity contribution is 6.08. The first-order valence-electron chi connectivity index (χ1n) is 8.96. The van der Waals surface area contributed by atoms with Gasteiger partial charge in [-0.3, -0.25) is 0 Å². The second-order valence-corrected chi connectivity index (χ2v) is 8.32. The van der Waals surface area contributed by atoms with Gasteiger partial charge in [-0.2, -0.15) is 10.2 Å². The summed E-state index contributed by atoms with van der Waals surface area (Å²) in [5.74, 6) is 0.0477. The van der Waals surface area contributed by atoms with E-state index < -0.39 is 23.4 Å². The molecular formula is C20H29N3O4. The average Bonchev–Trinajstić information content (AvgIpc) is 2.50. The molecule has 1 rings (SSSR count). The van der Waals surface area contributed by atoms with Crippen molar-refractivity contribution in [2.45, 2.75) is 78.9 Å². The summed E-state index contributed by atoms with van der Waals surface area (Å²) in [5, 5.41) is 9.33. The monoisotopic (exact) mass is 375 g/mol. The Kier molecular flexibility index (Phi) is 6.96. The van der Waals surface area contributed by atoms with Crippen LogP contribution in [0.1, 0.15) is 79.0 Å². The molecule has 1 aromatic heterocycles. The third-order valence-corrected chi connectivity index (χ3v) is 3.49. The molecule has 27 heavy (non-hydrogen) atoms. The Morgan fingerprint density at radius 3 is 1.96 bits per heavy atom. The minimum atomic E-state index is -0.885. The number of hydrogen-bond donors (Lipinski definition) is 0. The summed E-state index contributed by atoms with van der Waals surface area (Å²) in [6, 6.07) is 5.09. The Hall–Kier alpha value is -2.62. The fraction of sp³-hybridized carbons (Fsp3) is 0.600. The van der Waals surface area contributed by atoms with Crippen molar-refractivity contribution in [3.63, 3.8) is 0 Å². The van der Waals surface area contributed by atoms with Gasteiger partial charge in [-0.1, -0.05) is 13.8 Å². The van der Waals surface area contributed by atoms with Gasteiger partial charge in [0.15, 0.2) is 0 Å². The van der Waals surface area contributed by atoms with E-state index in [1.54, 1.807) is 47.6 Å². The minimum absolute atomic E-state index is 0.0151. The van der Waals surface area contributed by atoms with Crippen molar-refractivity contribution in [2.75, 3.05) is 4.90 Å². The van der Waals surface area contributed by atoms with E-state index >= 15 is 0 Å². The highest BCUT2D eigenvalue weighted by atomic mass is 16.6. The van der Waals surface area contributed by atoms with Gasteiger partial charge in [0.25, 0.3) is 0 Å². The Morgan fingerprint density at radius 1 is 1.11 bits per heavy atom. The molecule has 7 nitrogen and oxygen atoms in total. The van der Waals surface area contributed by atoms with Crippen molar-refractivity contribution in [3.05, 3.63) is 23.4 Å². The van der Waals surface area contributed by atoms with E-state index in [2.05, 4.69) is 11.1 Å². The van der Waals surface area contributed by atoms with E-state index in [-0.39, 0.29) is 11.7 Å². The molecule has 1 heterocycles. The van der Waals surface area contributed by atoms with Gasteiger partial charge in [0.1, 0.15) is 23.1 Å². The van der Waals surface area contributed by atoms with Crippen molar-refractivity contribution in [3.8, 4) is 6.07 Å². The lowest BCUT2D eigenvalue weighted by molar-refractivity contribution is 0.0429. The number of ether oxygens (including phenoxy) is 2. The second-order valence-electron chi connectivity index (χ2n) is 8.32. The molecule has 0 saturated carbocycles. The molecule has 0 saturated heterocycles. The Morgan fingerprint density at radius 2 is 1.59 bits per heavy atom. The molecule has 148 valence electrons. The van der Waals surface area contributed by atoms with Gasteiger partial charge in [-0.15, -0.1) is 0 Å². The first kappa shape index (κ1) is 22.4. The third-order valence-electron chi connectivity index (χ3n) is 3.49. The summed E-state index contributed by atoms with van der Waals surface area (Å²) in [6.45, 7) is 14.1. The van der Waals surface area contributed by atoms with Crippen molar-refractivity contribution in [1.82, 2.24) is 4.98 Å². The zero-order valence-electron chi connectivity index (χ0n) is 17.4. The van der Waals surface area contributed by atoms with Crippen LogP contribution in [-0.4, -0.2) is 28.4 Å². The fourth-order valence-corrected chi connectivity index (χ4v) is 2.13. The maximum atomic E-state index is 12.7. The van der Waals surface area contributed by atoms with E-state index in [4.69, 9.17) is 9.47 Å². The van der Waals surface area contributed by atoms with E-state index in [0.29, 0.717) is 11.3 Å². The highest BCUT2D eigenvalue weighted by Crippen LogP contribution is 2.26. The molecule has 0 fully saturated rings. The molecule has 0 bridgehead atoms. The number of carbonyl (C=O) groups excluding carboxylic acids is 2. The average molecular weight is 375 g/mol. The highest BCUT2D eigenvalue weighted by Gasteiger charge is 2.34. The third kappa shape index (κ3) is 6.55. The number of rotatable bonds is 3. The van der Waals surface area contributed by atoms with Gasteiger partial charge in [-0.25, -0.2) is 14.6 Å². The molecule has 0 spiro atoms. The summed E-state index contributed by atoms with van der Waals surface area (Å²) < 4.78 is 10.7. The maximum absolute atomic E-state index is 12.7. The van der Waals surface area contributed by atoms with Gasteiger partial charge in [0.2, 0.25) is 0 Å². The molecule has 7 heteroatoms. The number of anilines is 1. The number of pyridine rings is 1. The van der Waals surface area contributed by atoms with E-state index in [0.717, 1.165) is 11.3 Å². The van der Waals surface area contributed by atoms with Crippen LogP contribution in [0.4, 0.5) is 15.4 Å². The van der Waals surface area contributed by atoms with Gasteiger partial charge in [-0.05, 0) is 66.0 Å². The Balaban J connectivity index is 3.44. The van der Waals surface area contributed by atoms with Crippen molar-refractivity contribution in [2.24, 2.45) is 0 Å². The van der Waals surface area contributed by atoms with Crippen LogP contribution >= 0.6 is 0 Å².